The lowest BCUT2D eigenvalue weighted by atomic mass is 10.1. The summed E-state index contributed by atoms with van der Waals surface area (Å²) in [5.74, 6) is 0.611. The van der Waals surface area contributed by atoms with Crippen molar-refractivity contribution in [3.63, 3.8) is 0 Å². The van der Waals surface area contributed by atoms with Crippen molar-refractivity contribution >= 4 is 5.91 Å². The van der Waals surface area contributed by atoms with E-state index in [4.69, 9.17) is 5.26 Å². The van der Waals surface area contributed by atoms with Crippen LogP contribution in [0.1, 0.15) is 46.1 Å². The molecule has 6 heteroatoms. The molecule has 2 aliphatic rings. The second kappa shape index (κ2) is 6.69. The van der Waals surface area contributed by atoms with Gasteiger partial charge in [-0.2, -0.15) is 10.4 Å². The van der Waals surface area contributed by atoms with Crippen LogP contribution in [0.5, 0.6) is 0 Å². The number of hydrogen-bond acceptors (Lipinski definition) is 4. The lowest BCUT2D eigenvalue weighted by Crippen LogP contribution is -2.48. The van der Waals surface area contributed by atoms with Crippen LogP contribution in [0.15, 0.2) is 30.3 Å². The zero-order valence-corrected chi connectivity index (χ0v) is 14.1. The van der Waals surface area contributed by atoms with Gasteiger partial charge in [0.05, 0.1) is 11.6 Å². The Hall–Kier alpha value is -2.65. The molecule has 6 nitrogen and oxygen atoms in total. The highest BCUT2D eigenvalue weighted by molar-refractivity contribution is 5.92. The van der Waals surface area contributed by atoms with Crippen LogP contribution in [0.2, 0.25) is 0 Å². The van der Waals surface area contributed by atoms with E-state index in [1.54, 1.807) is 0 Å². The van der Waals surface area contributed by atoms with Gasteiger partial charge < -0.3 is 4.90 Å². The minimum absolute atomic E-state index is 0.0289. The monoisotopic (exact) mass is 335 g/mol. The molecule has 0 bridgehead atoms. The maximum Gasteiger partial charge on any atom is 0.274 e. The number of nitriles is 1. The van der Waals surface area contributed by atoms with Crippen molar-refractivity contribution in [1.82, 2.24) is 20.0 Å². The summed E-state index contributed by atoms with van der Waals surface area (Å²) in [5, 5.41) is 16.1. The fourth-order valence-corrected chi connectivity index (χ4v) is 3.26. The maximum atomic E-state index is 12.6. The summed E-state index contributed by atoms with van der Waals surface area (Å²) in [6.07, 6.45) is 2.40. The number of aromatic amines is 1. The number of rotatable bonds is 4. The molecule has 2 fully saturated rings. The van der Waals surface area contributed by atoms with Crippen molar-refractivity contribution in [2.75, 3.05) is 26.2 Å². The Bertz CT molecular complexity index is 792. The predicted octanol–water partition coefficient (Wildman–Crippen LogP) is 2.12. The second-order valence-electron chi connectivity index (χ2n) is 6.86. The zero-order chi connectivity index (χ0) is 17.2. The van der Waals surface area contributed by atoms with Crippen molar-refractivity contribution in [2.24, 2.45) is 0 Å². The molecule has 128 valence electrons. The van der Waals surface area contributed by atoms with Crippen LogP contribution in [0.3, 0.4) is 0 Å². The number of H-pyrrole nitrogens is 1. The Morgan fingerprint density at radius 1 is 1.20 bits per heavy atom. The summed E-state index contributed by atoms with van der Waals surface area (Å²) in [4.78, 5) is 16.8. The van der Waals surface area contributed by atoms with Gasteiger partial charge in [-0.1, -0.05) is 12.1 Å². The normalized spacial score (nSPS) is 18.1. The fourth-order valence-electron chi connectivity index (χ4n) is 3.26. The van der Waals surface area contributed by atoms with Gasteiger partial charge in [0.1, 0.15) is 5.69 Å². The average molecular weight is 335 g/mol. The third-order valence-corrected chi connectivity index (χ3v) is 4.98. The summed E-state index contributed by atoms with van der Waals surface area (Å²) in [6, 6.07) is 11.8. The first kappa shape index (κ1) is 15.9. The first-order valence-electron chi connectivity index (χ1n) is 8.79. The highest BCUT2D eigenvalue weighted by Gasteiger charge is 2.28. The Balaban J connectivity index is 1.31. The van der Waals surface area contributed by atoms with E-state index in [1.807, 2.05) is 35.2 Å². The Labute approximate surface area is 147 Å². The molecule has 4 rings (SSSR count). The van der Waals surface area contributed by atoms with Crippen molar-refractivity contribution in [3.05, 3.63) is 52.8 Å². The molecule has 1 aromatic heterocycles. The van der Waals surface area contributed by atoms with Crippen LogP contribution < -0.4 is 0 Å². The van der Waals surface area contributed by atoms with Gasteiger partial charge in [-0.05, 0) is 36.6 Å². The summed E-state index contributed by atoms with van der Waals surface area (Å²) in [6.45, 7) is 4.00. The van der Waals surface area contributed by atoms with Crippen LogP contribution in [-0.2, 0) is 6.54 Å². The number of hydrogen-bond donors (Lipinski definition) is 1. The zero-order valence-electron chi connectivity index (χ0n) is 14.1. The summed E-state index contributed by atoms with van der Waals surface area (Å²) in [5.41, 5.74) is 3.52. The number of nitrogens with one attached hydrogen (secondary N) is 1. The molecule has 0 spiro atoms. The van der Waals surface area contributed by atoms with E-state index in [1.165, 1.54) is 18.4 Å². The minimum atomic E-state index is 0.0289. The minimum Gasteiger partial charge on any atom is -0.335 e. The average Bonchev–Trinajstić information content (AvgIpc) is 3.39. The lowest BCUT2D eigenvalue weighted by Gasteiger charge is -2.34. The molecule has 1 N–H and O–H groups in total. The number of piperazine rings is 1. The molecule has 1 saturated heterocycles. The fraction of sp³-hybridized carbons (Fsp3) is 0.421. The molecular weight excluding hydrogens is 314 g/mol. The van der Waals surface area contributed by atoms with Crippen molar-refractivity contribution in [3.8, 4) is 6.07 Å². The molecule has 1 aliphatic heterocycles. The number of aromatic nitrogens is 2. The van der Waals surface area contributed by atoms with Gasteiger partial charge >= 0.3 is 0 Å². The number of carbonyl (C=O) groups excluding carboxylic acids is 1. The molecule has 0 radical (unpaired) electrons. The predicted molar refractivity (Wildman–Crippen MR) is 92.9 cm³/mol. The standard InChI is InChI=1S/C19H21N5O/c20-12-14-1-3-15(4-2-14)13-23-7-9-24(10-8-23)19(25)18-11-17(21-22-18)16-5-6-16/h1-4,11,16H,5-10,13H2,(H,21,22). The first-order valence-corrected chi connectivity index (χ1v) is 8.79. The van der Waals surface area contributed by atoms with E-state index in [0.717, 1.165) is 38.4 Å². The van der Waals surface area contributed by atoms with E-state index < -0.39 is 0 Å². The summed E-state index contributed by atoms with van der Waals surface area (Å²) >= 11 is 0. The lowest BCUT2D eigenvalue weighted by molar-refractivity contribution is 0.0622. The first-order chi connectivity index (χ1) is 12.2. The van der Waals surface area contributed by atoms with Gasteiger partial charge in [0, 0.05) is 44.3 Å². The third kappa shape index (κ3) is 3.57. The van der Waals surface area contributed by atoms with E-state index in [2.05, 4.69) is 21.2 Å². The van der Waals surface area contributed by atoms with Crippen LogP contribution in [-0.4, -0.2) is 52.1 Å². The highest BCUT2D eigenvalue weighted by atomic mass is 16.2. The Morgan fingerprint density at radius 3 is 2.56 bits per heavy atom. The van der Waals surface area contributed by atoms with Crippen molar-refractivity contribution < 1.29 is 4.79 Å². The smallest absolute Gasteiger partial charge is 0.274 e. The molecular formula is C19H21N5O. The quantitative estimate of drug-likeness (QED) is 0.928. The molecule has 0 unspecified atom stereocenters. The second-order valence-corrected chi connectivity index (χ2v) is 6.86. The van der Waals surface area contributed by atoms with E-state index in [0.29, 0.717) is 17.2 Å². The Kier molecular flexibility index (Phi) is 4.24. The number of benzene rings is 1. The van der Waals surface area contributed by atoms with Gasteiger partial charge in [0.2, 0.25) is 0 Å². The summed E-state index contributed by atoms with van der Waals surface area (Å²) < 4.78 is 0. The number of nitrogens with zero attached hydrogens (tertiary/aromatic N) is 4. The van der Waals surface area contributed by atoms with Gasteiger partial charge in [-0.15, -0.1) is 0 Å². The van der Waals surface area contributed by atoms with Gasteiger partial charge in [0.15, 0.2) is 0 Å². The van der Waals surface area contributed by atoms with Crippen molar-refractivity contribution in [1.29, 1.82) is 5.26 Å². The van der Waals surface area contributed by atoms with Crippen LogP contribution in [0.25, 0.3) is 0 Å². The van der Waals surface area contributed by atoms with Crippen LogP contribution >= 0.6 is 0 Å². The van der Waals surface area contributed by atoms with Gasteiger partial charge in [0.25, 0.3) is 5.91 Å². The molecule has 1 aliphatic carbocycles. The van der Waals surface area contributed by atoms with E-state index >= 15 is 0 Å². The van der Waals surface area contributed by atoms with Crippen LogP contribution in [0.4, 0.5) is 0 Å². The molecule has 1 aromatic carbocycles. The molecule has 1 amide bonds. The van der Waals surface area contributed by atoms with Crippen molar-refractivity contribution in [2.45, 2.75) is 25.3 Å². The van der Waals surface area contributed by atoms with E-state index in [9.17, 15) is 4.79 Å². The van der Waals surface area contributed by atoms with Crippen LogP contribution in [0, 0.1) is 11.3 Å². The third-order valence-electron chi connectivity index (χ3n) is 4.98. The van der Waals surface area contributed by atoms with E-state index in [-0.39, 0.29) is 5.91 Å². The highest BCUT2D eigenvalue weighted by Crippen LogP contribution is 2.39. The number of carbonyl (C=O) groups is 1. The summed E-state index contributed by atoms with van der Waals surface area (Å²) in [7, 11) is 0. The van der Waals surface area contributed by atoms with Gasteiger partial charge in [-0.25, -0.2) is 0 Å². The molecule has 25 heavy (non-hydrogen) atoms. The molecule has 0 atom stereocenters. The topological polar surface area (TPSA) is 76.0 Å². The Morgan fingerprint density at radius 2 is 1.92 bits per heavy atom. The molecule has 2 aromatic rings. The number of amides is 1. The maximum absolute atomic E-state index is 12.6. The molecule has 2 heterocycles. The molecule has 1 saturated carbocycles. The SMILES string of the molecule is N#Cc1ccc(CN2CCN(C(=O)c3cc(C4CC4)[nH]n3)CC2)cc1. The van der Waals surface area contributed by atoms with Gasteiger partial charge in [-0.3, -0.25) is 14.8 Å². The largest absolute Gasteiger partial charge is 0.335 e.